The number of pyridine rings is 2. The van der Waals surface area contributed by atoms with E-state index in [0.29, 0.717) is 18.7 Å². The Bertz CT molecular complexity index is 659. The Balaban J connectivity index is 1.95. The van der Waals surface area contributed by atoms with Crippen molar-refractivity contribution in [3.8, 4) is 0 Å². The number of carbonyl (C=O) groups is 2. The molecule has 2 aromatic heterocycles. The van der Waals surface area contributed by atoms with Crippen LogP contribution in [0.4, 0.5) is 0 Å². The van der Waals surface area contributed by atoms with Gasteiger partial charge in [0.2, 0.25) is 0 Å². The molecule has 2 rings (SSSR count). The van der Waals surface area contributed by atoms with E-state index in [0.717, 1.165) is 18.4 Å². The van der Waals surface area contributed by atoms with Gasteiger partial charge < -0.3 is 10.6 Å². The molecule has 0 radical (unpaired) electrons. The molecule has 6 heteroatoms. The first-order valence-electron chi connectivity index (χ1n) is 7.62. The average molecular weight is 312 g/mol. The molecule has 0 aliphatic carbocycles. The minimum Gasteiger partial charge on any atom is -0.352 e. The largest absolute Gasteiger partial charge is 0.352 e. The number of amides is 2. The van der Waals surface area contributed by atoms with Gasteiger partial charge in [-0.25, -0.2) is 0 Å². The first kappa shape index (κ1) is 16.6. The Morgan fingerprint density at radius 3 is 2.57 bits per heavy atom. The molecule has 0 aliphatic rings. The zero-order valence-corrected chi connectivity index (χ0v) is 13.1. The fourth-order valence-electron chi connectivity index (χ4n) is 1.95. The van der Waals surface area contributed by atoms with Crippen LogP contribution in [-0.2, 0) is 6.54 Å². The summed E-state index contributed by atoms with van der Waals surface area (Å²) in [7, 11) is 0. The molecule has 2 amide bonds. The average Bonchev–Trinajstić information content (AvgIpc) is 2.61. The molecule has 0 spiro atoms. The van der Waals surface area contributed by atoms with Crippen LogP contribution in [0.1, 0.15) is 46.2 Å². The predicted molar refractivity (Wildman–Crippen MR) is 86.9 cm³/mol. The molecule has 0 bridgehead atoms. The lowest BCUT2D eigenvalue weighted by Crippen LogP contribution is -2.26. The summed E-state index contributed by atoms with van der Waals surface area (Å²) < 4.78 is 0. The SMILES string of the molecule is CCCCNC(=O)c1ccnc(C(=O)NCc2ccncc2)c1. The Labute approximate surface area is 135 Å². The van der Waals surface area contributed by atoms with Crippen LogP contribution in [0.25, 0.3) is 0 Å². The van der Waals surface area contributed by atoms with Gasteiger partial charge in [-0.2, -0.15) is 0 Å². The maximum Gasteiger partial charge on any atom is 0.270 e. The Hall–Kier alpha value is -2.76. The highest BCUT2D eigenvalue weighted by Gasteiger charge is 2.11. The number of nitrogens with one attached hydrogen (secondary N) is 2. The number of nitrogens with zero attached hydrogens (tertiary/aromatic N) is 2. The van der Waals surface area contributed by atoms with E-state index in [1.54, 1.807) is 18.5 Å². The van der Waals surface area contributed by atoms with Gasteiger partial charge in [-0.3, -0.25) is 19.6 Å². The number of aromatic nitrogens is 2. The molecule has 0 aliphatic heterocycles. The van der Waals surface area contributed by atoms with E-state index in [9.17, 15) is 9.59 Å². The second-order valence-electron chi connectivity index (χ2n) is 5.08. The van der Waals surface area contributed by atoms with Gasteiger partial charge in [0.25, 0.3) is 11.8 Å². The van der Waals surface area contributed by atoms with Crippen molar-refractivity contribution in [2.24, 2.45) is 0 Å². The molecule has 0 saturated heterocycles. The van der Waals surface area contributed by atoms with Crippen LogP contribution in [0.3, 0.4) is 0 Å². The van der Waals surface area contributed by atoms with E-state index in [4.69, 9.17) is 0 Å². The summed E-state index contributed by atoms with van der Waals surface area (Å²) in [5.74, 6) is -0.506. The van der Waals surface area contributed by atoms with E-state index in [1.165, 1.54) is 12.3 Å². The molecule has 0 saturated carbocycles. The Morgan fingerprint density at radius 2 is 1.83 bits per heavy atom. The van der Waals surface area contributed by atoms with Crippen molar-refractivity contribution in [1.82, 2.24) is 20.6 Å². The van der Waals surface area contributed by atoms with E-state index in [-0.39, 0.29) is 17.5 Å². The second-order valence-corrected chi connectivity index (χ2v) is 5.08. The molecule has 0 aromatic carbocycles. The fourth-order valence-corrected chi connectivity index (χ4v) is 1.95. The van der Waals surface area contributed by atoms with Crippen LogP contribution in [0, 0.1) is 0 Å². The highest BCUT2D eigenvalue weighted by molar-refractivity contribution is 5.98. The van der Waals surface area contributed by atoms with Gasteiger partial charge in [0, 0.05) is 37.2 Å². The summed E-state index contributed by atoms with van der Waals surface area (Å²) in [6.07, 6.45) is 6.74. The monoisotopic (exact) mass is 312 g/mol. The third-order valence-electron chi connectivity index (χ3n) is 3.27. The molecule has 120 valence electrons. The molecular formula is C17H20N4O2. The van der Waals surface area contributed by atoms with Crippen molar-refractivity contribution in [3.63, 3.8) is 0 Å². The summed E-state index contributed by atoms with van der Waals surface area (Å²) in [5.41, 5.74) is 1.61. The van der Waals surface area contributed by atoms with Crippen LogP contribution in [0.15, 0.2) is 42.9 Å². The normalized spacial score (nSPS) is 10.1. The lowest BCUT2D eigenvalue weighted by molar-refractivity contribution is 0.0946. The van der Waals surface area contributed by atoms with Gasteiger partial charge in [-0.1, -0.05) is 13.3 Å². The Kier molecular flexibility index (Phi) is 6.23. The van der Waals surface area contributed by atoms with Crippen LogP contribution < -0.4 is 10.6 Å². The van der Waals surface area contributed by atoms with E-state index in [1.807, 2.05) is 12.1 Å². The van der Waals surface area contributed by atoms with Crippen molar-refractivity contribution >= 4 is 11.8 Å². The molecule has 0 atom stereocenters. The highest BCUT2D eigenvalue weighted by Crippen LogP contribution is 2.03. The third kappa shape index (κ3) is 5.18. The minimum absolute atomic E-state index is 0.191. The van der Waals surface area contributed by atoms with Gasteiger partial charge in [-0.15, -0.1) is 0 Å². The van der Waals surface area contributed by atoms with Crippen molar-refractivity contribution in [2.45, 2.75) is 26.3 Å². The molecular weight excluding hydrogens is 292 g/mol. The maximum atomic E-state index is 12.1. The highest BCUT2D eigenvalue weighted by atomic mass is 16.2. The second kappa shape index (κ2) is 8.63. The van der Waals surface area contributed by atoms with Gasteiger partial charge in [0.05, 0.1) is 0 Å². The number of hydrogen-bond acceptors (Lipinski definition) is 4. The zero-order valence-electron chi connectivity index (χ0n) is 13.1. The van der Waals surface area contributed by atoms with Crippen molar-refractivity contribution < 1.29 is 9.59 Å². The summed E-state index contributed by atoms with van der Waals surface area (Å²) in [4.78, 5) is 32.1. The molecule has 0 fully saturated rings. The van der Waals surface area contributed by atoms with E-state index < -0.39 is 0 Å². The third-order valence-corrected chi connectivity index (χ3v) is 3.27. The number of hydrogen-bond donors (Lipinski definition) is 2. The molecule has 2 aromatic rings. The Morgan fingerprint density at radius 1 is 1.04 bits per heavy atom. The molecule has 2 heterocycles. The molecule has 23 heavy (non-hydrogen) atoms. The zero-order chi connectivity index (χ0) is 16.5. The number of carbonyl (C=O) groups excluding carboxylic acids is 2. The predicted octanol–water partition coefficient (Wildman–Crippen LogP) is 1.94. The van der Waals surface area contributed by atoms with Gasteiger partial charge in [-0.05, 0) is 36.2 Å². The standard InChI is InChI=1S/C17H20N4O2/c1-2-3-7-20-16(22)14-6-10-19-15(11-14)17(23)21-12-13-4-8-18-9-5-13/h4-6,8-11H,2-3,7,12H2,1H3,(H,20,22)(H,21,23). The summed E-state index contributed by atoms with van der Waals surface area (Å²) in [6, 6.07) is 6.75. The van der Waals surface area contributed by atoms with Crippen LogP contribution in [0.5, 0.6) is 0 Å². The summed E-state index contributed by atoms with van der Waals surface area (Å²) in [5, 5.41) is 5.59. The molecule has 6 nitrogen and oxygen atoms in total. The van der Waals surface area contributed by atoms with E-state index in [2.05, 4.69) is 27.5 Å². The van der Waals surface area contributed by atoms with Crippen molar-refractivity contribution in [2.75, 3.05) is 6.54 Å². The fraction of sp³-hybridized carbons (Fsp3) is 0.294. The summed E-state index contributed by atoms with van der Waals surface area (Å²) >= 11 is 0. The lowest BCUT2D eigenvalue weighted by atomic mass is 10.2. The lowest BCUT2D eigenvalue weighted by Gasteiger charge is -2.07. The van der Waals surface area contributed by atoms with Crippen molar-refractivity contribution in [1.29, 1.82) is 0 Å². The summed E-state index contributed by atoms with van der Waals surface area (Å²) in [6.45, 7) is 3.07. The van der Waals surface area contributed by atoms with Crippen LogP contribution >= 0.6 is 0 Å². The van der Waals surface area contributed by atoms with E-state index >= 15 is 0 Å². The van der Waals surface area contributed by atoms with Crippen LogP contribution in [-0.4, -0.2) is 28.3 Å². The van der Waals surface area contributed by atoms with Crippen molar-refractivity contribution in [3.05, 3.63) is 59.7 Å². The minimum atomic E-state index is -0.315. The van der Waals surface area contributed by atoms with Gasteiger partial charge >= 0.3 is 0 Å². The number of rotatable bonds is 7. The van der Waals surface area contributed by atoms with Gasteiger partial charge in [0.15, 0.2) is 0 Å². The molecule has 0 unspecified atom stereocenters. The van der Waals surface area contributed by atoms with Gasteiger partial charge in [0.1, 0.15) is 5.69 Å². The number of unbranched alkanes of at least 4 members (excludes halogenated alkanes) is 1. The molecule has 2 N–H and O–H groups in total. The van der Waals surface area contributed by atoms with Crippen LogP contribution in [0.2, 0.25) is 0 Å². The topological polar surface area (TPSA) is 84.0 Å². The first-order chi connectivity index (χ1) is 11.2. The quantitative estimate of drug-likeness (QED) is 0.765. The maximum absolute atomic E-state index is 12.1. The first-order valence-corrected chi connectivity index (χ1v) is 7.62. The smallest absolute Gasteiger partial charge is 0.270 e.